The molecule has 28 heavy (non-hydrogen) atoms. The minimum absolute atomic E-state index is 0. The van der Waals surface area contributed by atoms with Gasteiger partial charge in [0.2, 0.25) is 0 Å². The molecule has 4 rings (SSSR count). The lowest BCUT2D eigenvalue weighted by molar-refractivity contribution is 0.320. The van der Waals surface area contributed by atoms with E-state index in [0.29, 0.717) is 18.4 Å². The molecular weight excluding hydrogens is 368 g/mol. The van der Waals surface area contributed by atoms with Crippen molar-refractivity contribution >= 4 is 29.6 Å². The van der Waals surface area contributed by atoms with E-state index in [1.807, 2.05) is 7.05 Å². The van der Waals surface area contributed by atoms with E-state index in [1.165, 1.54) is 28.1 Å². The van der Waals surface area contributed by atoms with Gasteiger partial charge in [0.05, 0.1) is 0 Å². The Hall–Kier alpha value is -2.04. The average molecular weight is 399 g/mol. The highest BCUT2D eigenvalue weighted by molar-refractivity contribution is 6.04. The summed E-state index contributed by atoms with van der Waals surface area (Å²) in [5.74, 6) is 1.90. The number of nitrogens with two attached hydrogens (primary N) is 1. The van der Waals surface area contributed by atoms with Crippen LogP contribution in [-0.4, -0.2) is 26.0 Å². The van der Waals surface area contributed by atoms with Gasteiger partial charge in [-0.3, -0.25) is 4.99 Å². The quantitative estimate of drug-likeness (QED) is 0.637. The van der Waals surface area contributed by atoms with Gasteiger partial charge in [0, 0.05) is 36.3 Å². The fourth-order valence-corrected chi connectivity index (χ4v) is 5.18. The van der Waals surface area contributed by atoms with Crippen molar-refractivity contribution in [3.05, 3.63) is 59.2 Å². The first-order chi connectivity index (χ1) is 13.1. The summed E-state index contributed by atoms with van der Waals surface area (Å²) in [5, 5.41) is 7.08. The largest absolute Gasteiger partial charge is 0.388 e. The predicted octanol–water partition coefficient (Wildman–Crippen LogP) is 4.97. The molecule has 2 aliphatic rings. The van der Waals surface area contributed by atoms with E-state index in [1.54, 1.807) is 0 Å². The van der Waals surface area contributed by atoms with Gasteiger partial charge in [-0.25, -0.2) is 0 Å². The van der Waals surface area contributed by atoms with Crippen LogP contribution in [0.15, 0.2) is 47.5 Å². The summed E-state index contributed by atoms with van der Waals surface area (Å²) in [7, 11) is 2.02. The van der Waals surface area contributed by atoms with Gasteiger partial charge in [0.25, 0.3) is 0 Å². The number of anilines is 2. The highest BCUT2D eigenvalue weighted by Gasteiger charge is 2.50. The number of benzene rings is 2. The lowest BCUT2D eigenvalue weighted by Gasteiger charge is -2.50. The summed E-state index contributed by atoms with van der Waals surface area (Å²) in [6.45, 7) is 6.19. The Balaban J connectivity index is 0.00000225. The van der Waals surface area contributed by atoms with Crippen LogP contribution in [0.1, 0.15) is 55.2 Å². The van der Waals surface area contributed by atoms with Crippen molar-refractivity contribution in [1.82, 2.24) is 0 Å². The number of aliphatic imine (C=N–C) groups is 1. The fourth-order valence-electron chi connectivity index (χ4n) is 5.18. The number of hydrogen-bond donors (Lipinski definition) is 3. The minimum Gasteiger partial charge on any atom is -0.388 e. The van der Waals surface area contributed by atoms with Crippen molar-refractivity contribution < 1.29 is 0 Å². The van der Waals surface area contributed by atoms with Crippen LogP contribution >= 0.6 is 12.4 Å². The minimum atomic E-state index is -0.0399. The number of hydrogen-bond acceptors (Lipinski definition) is 3. The number of amidine groups is 1. The number of fused-ring (bicyclic) bond motifs is 5. The maximum absolute atomic E-state index is 5.71. The molecule has 0 radical (unpaired) electrons. The third kappa shape index (κ3) is 3.19. The molecule has 1 heterocycles. The molecule has 2 aromatic carbocycles. The Morgan fingerprint density at radius 1 is 1.18 bits per heavy atom. The van der Waals surface area contributed by atoms with Gasteiger partial charge in [-0.1, -0.05) is 44.2 Å². The van der Waals surface area contributed by atoms with Crippen molar-refractivity contribution in [2.24, 2.45) is 16.1 Å². The molecule has 1 unspecified atom stereocenters. The number of para-hydroxylation sites is 1. The molecule has 0 amide bonds. The Labute approximate surface area is 174 Å². The van der Waals surface area contributed by atoms with E-state index in [0.717, 1.165) is 25.2 Å². The van der Waals surface area contributed by atoms with Crippen LogP contribution in [0.5, 0.6) is 0 Å². The van der Waals surface area contributed by atoms with Crippen molar-refractivity contribution in [1.29, 1.82) is 0 Å². The van der Waals surface area contributed by atoms with E-state index >= 15 is 0 Å². The second-order valence-corrected chi connectivity index (χ2v) is 8.10. The molecule has 0 saturated heterocycles. The maximum Gasteiger partial charge on any atom is 0.108 e. The molecule has 150 valence electrons. The van der Waals surface area contributed by atoms with Crippen LogP contribution in [-0.2, 0) is 0 Å². The molecule has 5 heteroatoms. The van der Waals surface area contributed by atoms with Crippen LogP contribution in [0, 0.1) is 5.41 Å². The zero-order valence-electron chi connectivity index (χ0n) is 17.0. The van der Waals surface area contributed by atoms with E-state index < -0.39 is 0 Å². The summed E-state index contributed by atoms with van der Waals surface area (Å²) in [6, 6.07) is 15.4. The molecule has 2 aromatic rings. The molecule has 3 atom stereocenters. The van der Waals surface area contributed by atoms with Crippen LogP contribution in [0.3, 0.4) is 0 Å². The van der Waals surface area contributed by atoms with Gasteiger partial charge in [-0.15, -0.1) is 12.4 Å². The average Bonchev–Trinajstić information content (AvgIpc) is 2.67. The number of halogens is 1. The Bertz CT molecular complexity index is 879. The highest BCUT2D eigenvalue weighted by atomic mass is 35.5. The van der Waals surface area contributed by atoms with Crippen molar-refractivity contribution in [3.8, 4) is 0 Å². The summed E-state index contributed by atoms with van der Waals surface area (Å²) in [4.78, 5) is 4.99. The molecule has 4 nitrogen and oxygen atoms in total. The lowest BCUT2D eigenvalue weighted by Crippen LogP contribution is -2.47. The van der Waals surface area contributed by atoms with E-state index in [-0.39, 0.29) is 17.8 Å². The third-order valence-corrected chi connectivity index (χ3v) is 6.28. The molecule has 0 bridgehead atoms. The number of rotatable bonds is 4. The molecule has 0 saturated carbocycles. The standard InChI is InChI=1S/C23H30N4.ClH/c1-15-14-23(2)21(17-9-6-11-19(25-3)20(15)17)16-8-4-5-10-18(16)27-22(23)26-13-7-12-24;/h4-6,8-11,15,21,25H,7,12-14,24H2,1-3H3,(H,26,27);1H/t15?,21-,23+;/m1./s1. The zero-order valence-corrected chi connectivity index (χ0v) is 17.8. The second kappa shape index (κ2) is 8.14. The summed E-state index contributed by atoms with van der Waals surface area (Å²) >= 11 is 0. The van der Waals surface area contributed by atoms with Crippen LogP contribution in [0.25, 0.3) is 0 Å². The molecular formula is C23H31ClN4. The monoisotopic (exact) mass is 398 g/mol. The molecule has 0 spiro atoms. The van der Waals surface area contributed by atoms with Crippen LogP contribution in [0.4, 0.5) is 11.4 Å². The number of nitrogens with one attached hydrogen (secondary N) is 2. The summed E-state index contributed by atoms with van der Waals surface area (Å²) < 4.78 is 0. The zero-order chi connectivity index (χ0) is 19.0. The van der Waals surface area contributed by atoms with Crippen molar-refractivity contribution in [3.63, 3.8) is 0 Å². The normalized spacial score (nSPS) is 26.4. The molecule has 4 N–H and O–H groups in total. The van der Waals surface area contributed by atoms with Gasteiger partial charge in [-0.2, -0.15) is 0 Å². The van der Waals surface area contributed by atoms with E-state index in [2.05, 4.69) is 66.9 Å². The van der Waals surface area contributed by atoms with Crippen LogP contribution in [0.2, 0.25) is 0 Å². The smallest absolute Gasteiger partial charge is 0.108 e. The molecule has 1 aliphatic carbocycles. The summed E-state index contributed by atoms with van der Waals surface area (Å²) in [6.07, 6.45) is 2.00. The van der Waals surface area contributed by atoms with Gasteiger partial charge >= 0.3 is 0 Å². The van der Waals surface area contributed by atoms with Gasteiger partial charge in [0.1, 0.15) is 5.84 Å². The van der Waals surface area contributed by atoms with Crippen molar-refractivity contribution in [2.75, 3.05) is 30.8 Å². The maximum atomic E-state index is 5.71. The SMILES string of the molecule is CNc1cccc2c1C(C)C[C@]1(C)C(=NCCCN)Nc3ccccc3[C@H]21.Cl. The first-order valence-corrected chi connectivity index (χ1v) is 10.0. The fraction of sp³-hybridized carbons (Fsp3) is 0.435. The Morgan fingerprint density at radius 2 is 1.93 bits per heavy atom. The lowest BCUT2D eigenvalue weighted by atomic mass is 9.57. The molecule has 0 aromatic heterocycles. The van der Waals surface area contributed by atoms with Crippen LogP contribution < -0.4 is 16.4 Å². The topological polar surface area (TPSA) is 62.4 Å². The highest BCUT2D eigenvalue weighted by Crippen LogP contribution is 2.58. The van der Waals surface area contributed by atoms with Crippen molar-refractivity contribution in [2.45, 2.75) is 38.5 Å². The third-order valence-electron chi connectivity index (χ3n) is 6.28. The van der Waals surface area contributed by atoms with Gasteiger partial charge in [0.15, 0.2) is 0 Å². The van der Waals surface area contributed by atoms with Gasteiger partial charge < -0.3 is 16.4 Å². The van der Waals surface area contributed by atoms with E-state index in [4.69, 9.17) is 10.7 Å². The molecule has 0 fully saturated rings. The summed E-state index contributed by atoms with van der Waals surface area (Å²) in [5.41, 5.74) is 12.4. The molecule has 1 aliphatic heterocycles. The predicted molar refractivity (Wildman–Crippen MR) is 122 cm³/mol. The Kier molecular flexibility index (Phi) is 6.01. The number of nitrogens with zero attached hydrogens (tertiary/aromatic N) is 1. The first-order valence-electron chi connectivity index (χ1n) is 10.0. The second-order valence-electron chi connectivity index (χ2n) is 8.10. The first kappa shape index (κ1) is 20.7. The van der Waals surface area contributed by atoms with E-state index in [9.17, 15) is 0 Å². The Morgan fingerprint density at radius 3 is 2.68 bits per heavy atom. The van der Waals surface area contributed by atoms with Gasteiger partial charge in [-0.05, 0) is 54.1 Å².